The van der Waals surface area contributed by atoms with Crippen LogP contribution in [0.15, 0.2) is 27.6 Å². The smallest absolute Gasteiger partial charge is 0.341 e. The van der Waals surface area contributed by atoms with Crippen LogP contribution < -0.4 is 9.46 Å². The number of sulfonamides is 1. The fourth-order valence-electron chi connectivity index (χ4n) is 2.23. The van der Waals surface area contributed by atoms with Crippen LogP contribution in [0.1, 0.15) is 30.2 Å². The number of aromatic nitrogens is 1. The molecule has 0 unspecified atom stereocenters. The number of ether oxygens (including phenoxy) is 1. The lowest BCUT2D eigenvalue weighted by Gasteiger charge is -2.10. The number of hydrogen-bond donors (Lipinski definition) is 2. The summed E-state index contributed by atoms with van der Waals surface area (Å²) in [6, 6.07) is 2.95. The number of rotatable bonds is 7. The maximum atomic E-state index is 14.0. The third-order valence-electron chi connectivity index (χ3n) is 3.64. The van der Waals surface area contributed by atoms with Gasteiger partial charge in [-0.15, -0.1) is 0 Å². The molecule has 1 heterocycles. The molecule has 0 atom stereocenters. The largest absolute Gasteiger partial charge is 0.479 e. The van der Waals surface area contributed by atoms with Crippen molar-refractivity contribution in [2.45, 2.75) is 30.6 Å². The van der Waals surface area contributed by atoms with Gasteiger partial charge in [0.2, 0.25) is 0 Å². The van der Waals surface area contributed by atoms with E-state index in [1.54, 1.807) is 6.92 Å². The minimum absolute atomic E-state index is 0.141. The lowest BCUT2D eigenvalue weighted by atomic mass is 10.2. The molecule has 2 N–H and O–H groups in total. The molecule has 0 aliphatic heterocycles. The molecule has 8 nitrogen and oxygen atoms in total. The summed E-state index contributed by atoms with van der Waals surface area (Å²) >= 11 is 0. The number of hydrogen-bond acceptors (Lipinski definition) is 6. The van der Waals surface area contributed by atoms with Crippen LogP contribution in [-0.4, -0.2) is 31.3 Å². The first-order valence-electron chi connectivity index (χ1n) is 7.41. The number of nitrogens with zero attached hydrogens (tertiary/aromatic N) is 1. The number of aliphatic carboxylic acids is 1. The summed E-state index contributed by atoms with van der Waals surface area (Å²) in [7, 11) is -4.07. The maximum Gasteiger partial charge on any atom is 0.341 e. The molecule has 3 rings (SSSR count). The summed E-state index contributed by atoms with van der Waals surface area (Å²) in [5, 5.41) is 12.3. The van der Waals surface area contributed by atoms with Gasteiger partial charge in [0.25, 0.3) is 10.0 Å². The van der Waals surface area contributed by atoms with Crippen molar-refractivity contribution in [1.29, 1.82) is 0 Å². The molecule has 1 aromatic carbocycles. The van der Waals surface area contributed by atoms with E-state index >= 15 is 0 Å². The molecule has 134 valence electrons. The standard InChI is InChI=1S/C15H15FN2O6S/c1-8-14(15(24-17-8)9-2-3-9)18-25(21,22)10-4-5-12(11(16)6-10)23-7-13(19)20/h4-6,9,18H,2-3,7H2,1H3,(H,19,20). The van der Waals surface area contributed by atoms with E-state index in [2.05, 4.69) is 9.88 Å². The highest BCUT2D eigenvalue weighted by Crippen LogP contribution is 2.44. The first-order chi connectivity index (χ1) is 11.8. The summed E-state index contributed by atoms with van der Waals surface area (Å²) < 4.78 is 51.2. The fraction of sp³-hybridized carbons (Fsp3) is 0.333. The zero-order chi connectivity index (χ0) is 18.2. The van der Waals surface area contributed by atoms with Gasteiger partial charge in [-0.3, -0.25) is 4.72 Å². The molecule has 0 amide bonds. The molecule has 1 fully saturated rings. The fourth-order valence-corrected chi connectivity index (χ4v) is 3.37. The van der Waals surface area contributed by atoms with Crippen LogP contribution in [0.3, 0.4) is 0 Å². The Morgan fingerprint density at radius 2 is 2.20 bits per heavy atom. The molecule has 0 saturated heterocycles. The zero-order valence-corrected chi connectivity index (χ0v) is 14.0. The summed E-state index contributed by atoms with van der Waals surface area (Å²) in [6.45, 7) is 0.878. The second-order valence-corrected chi connectivity index (χ2v) is 7.34. The summed E-state index contributed by atoms with van der Waals surface area (Å²) in [6.07, 6.45) is 1.79. The van der Waals surface area contributed by atoms with Crippen molar-refractivity contribution in [2.75, 3.05) is 11.3 Å². The van der Waals surface area contributed by atoms with E-state index in [-0.39, 0.29) is 22.3 Å². The molecule has 0 bridgehead atoms. The molecule has 0 radical (unpaired) electrons. The van der Waals surface area contributed by atoms with Gasteiger partial charge in [-0.05, 0) is 38.0 Å². The van der Waals surface area contributed by atoms with Gasteiger partial charge >= 0.3 is 5.97 Å². The Bertz CT molecular complexity index is 920. The van der Waals surface area contributed by atoms with E-state index in [1.807, 2.05) is 0 Å². The Kier molecular flexibility index (Phi) is 4.38. The topological polar surface area (TPSA) is 119 Å². The average molecular weight is 370 g/mol. The zero-order valence-electron chi connectivity index (χ0n) is 13.2. The van der Waals surface area contributed by atoms with Crippen molar-refractivity contribution in [3.05, 3.63) is 35.5 Å². The Labute approximate surface area is 142 Å². The molecule has 1 aliphatic carbocycles. The van der Waals surface area contributed by atoms with Crippen molar-refractivity contribution in [1.82, 2.24) is 5.16 Å². The normalized spacial score (nSPS) is 14.3. The molecular weight excluding hydrogens is 355 g/mol. The second kappa shape index (κ2) is 6.36. The maximum absolute atomic E-state index is 14.0. The van der Waals surface area contributed by atoms with Crippen LogP contribution in [0, 0.1) is 12.7 Å². The van der Waals surface area contributed by atoms with Crippen LogP contribution in [0.25, 0.3) is 0 Å². The molecule has 25 heavy (non-hydrogen) atoms. The third kappa shape index (κ3) is 3.73. The van der Waals surface area contributed by atoms with E-state index in [4.69, 9.17) is 14.4 Å². The molecule has 2 aromatic rings. The highest BCUT2D eigenvalue weighted by Gasteiger charge is 2.33. The van der Waals surface area contributed by atoms with E-state index in [0.29, 0.717) is 11.5 Å². The van der Waals surface area contributed by atoms with E-state index in [9.17, 15) is 17.6 Å². The Morgan fingerprint density at radius 3 is 2.80 bits per heavy atom. The monoisotopic (exact) mass is 370 g/mol. The van der Waals surface area contributed by atoms with Gasteiger partial charge in [0.05, 0.1) is 4.90 Å². The quantitative estimate of drug-likeness (QED) is 0.767. The minimum atomic E-state index is -4.07. The van der Waals surface area contributed by atoms with Crippen LogP contribution in [0.5, 0.6) is 5.75 Å². The van der Waals surface area contributed by atoms with E-state index in [0.717, 1.165) is 31.0 Å². The number of nitrogens with one attached hydrogen (secondary N) is 1. The minimum Gasteiger partial charge on any atom is -0.479 e. The SMILES string of the molecule is Cc1noc(C2CC2)c1NS(=O)(=O)c1ccc(OCC(=O)O)c(F)c1. The number of carboxylic acids is 1. The number of anilines is 1. The molecule has 10 heteroatoms. The Balaban J connectivity index is 1.84. The van der Waals surface area contributed by atoms with Crippen LogP contribution >= 0.6 is 0 Å². The Hall–Kier alpha value is -2.62. The van der Waals surface area contributed by atoms with Crippen molar-refractivity contribution in [3.8, 4) is 5.75 Å². The summed E-state index contributed by atoms with van der Waals surface area (Å²) in [4.78, 5) is 10.1. The number of aryl methyl sites for hydroxylation is 1. The van der Waals surface area contributed by atoms with Crippen LogP contribution in [-0.2, 0) is 14.8 Å². The van der Waals surface area contributed by atoms with Crippen LogP contribution in [0.2, 0.25) is 0 Å². The first kappa shape index (κ1) is 17.2. The predicted molar refractivity (Wildman–Crippen MR) is 83.6 cm³/mol. The number of carbonyl (C=O) groups is 1. The molecule has 1 aliphatic rings. The Morgan fingerprint density at radius 1 is 1.48 bits per heavy atom. The number of carboxylic acid groups (broad SMARTS) is 1. The van der Waals surface area contributed by atoms with Gasteiger partial charge in [-0.1, -0.05) is 5.16 Å². The predicted octanol–water partition coefficient (Wildman–Crippen LogP) is 2.26. The van der Waals surface area contributed by atoms with Crippen LogP contribution in [0.4, 0.5) is 10.1 Å². The van der Waals surface area contributed by atoms with Crippen molar-refractivity contribution < 1.29 is 32.0 Å². The van der Waals surface area contributed by atoms with Gasteiger partial charge in [0, 0.05) is 5.92 Å². The average Bonchev–Trinajstić information content (AvgIpc) is 3.32. The molecular formula is C15H15FN2O6S. The number of halogens is 1. The number of benzene rings is 1. The second-order valence-electron chi connectivity index (χ2n) is 5.66. The van der Waals surface area contributed by atoms with E-state index < -0.39 is 28.4 Å². The highest BCUT2D eigenvalue weighted by atomic mass is 32.2. The van der Waals surface area contributed by atoms with Crippen molar-refractivity contribution in [3.63, 3.8) is 0 Å². The summed E-state index contributed by atoms with van der Waals surface area (Å²) in [5.41, 5.74) is 0.668. The summed E-state index contributed by atoms with van der Waals surface area (Å²) in [5.74, 6) is -1.98. The van der Waals surface area contributed by atoms with Gasteiger partial charge < -0.3 is 14.4 Å². The molecule has 0 spiro atoms. The molecule has 1 aromatic heterocycles. The highest BCUT2D eigenvalue weighted by molar-refractivity contribution is 7.92. The van der Waals surface area contributed by atoms with Gasteiger partial charge in [0.1, 0.15) is 11.4 Å². The lowest BCUT2D eigenvalue weighted by molar-refractivity contribution is -0.139. The van der Waals surface area contributed by atoms with Gasteiger partial charge in [0.15, 0.2) is 23.9 Å². The van der Waals surface area contributed by atoms with E-state index in [1.165, 1.54) is 0 Å². The van der Waals surface area contributed by atoms with Gasteiger partial charge in [-0.2, -0.15) is 0 Å². The van der Waals surface area contributed by atoms with Crippen molar-refractivity contribution in [2.24, 2.45) is 0 Å². The first-order valence-corrected chi connectivity index (χ1v) is 8.89. The van der Waals surface area contributed by atoms with Crippen molar-refractivity contribution >= 4 is 21.7 Å². The van der Waals surface area contributed by atoms with Gasteiger partial charge in [-0.25, -0.2) is 17.6 Å². The third-order valence-corrected chi connectivity index (χ3v) is 4.99. The molecule has 1 saturated carbocycles. The lowest BCUT2D eigenvalue weighted by Crippen LogP contribution is -2.15.